The fraction of sp³-hybridized carbons (Fsp3) is 0.500. The maximum atomic E-state index is 5.83. The summed E-state index contributed by atoms with van der Waals surface area (Å²) in [5, 5.41) is 4.23. The molecule has 3 heterocycles. The summed E-state index contributed by atoms with van der Waals surface area (Å²) in [4.78, 5) is 6.54. The lowest BCUT2D eigenvalue weighted by Crippen LogP contribution is -2.33. The second-order valence-corrected chi connectivity index (χ2v) is 5.83. The molecule has 2 aliphatic rings. The second kappa shape index (κ2) is 5.96. The molecule has 0 spiro atoms. The Bertz CT molecular complexity index is 629. The number of hydrogen-bond donors (Lipinski definition) is 0. The lowest BCUT2D eigenvalue weighted by Gasteiger charge is -2.27. The lowest BCUT2D eigenvalue weighted by atomic mass is 10.1. The van der Waals surface area contributed by atoms with Crippen molar-refractivity contribution < 1.29 is 9.47 Å². The number of hydrogen-bond acceptors (Lipinski definition) is 5. The standard InChI is InChI=1S/C16H20N4O2/c1-3-13(16-15(5-1)21-7-8-22-16)9-19-6-2-4-14(19)10-20-12-17-11-18-20/h1,3,5,11-12,14H,2,4,6-10H2/t14-/m0/s1. The van der Waals surface area contributed by atoms with Crippen LogP contribution in [0.4, 0.5) is 0 Å². The van der Waals surface area contributed by atoms with Crippen LogP contribution in [0.5, 0.6) is 11.5 Å². The van der Waals surface area contributed by atoms with Gasteiger partial charge < -0.3 is 9.47 Å². The van der Waals surface area contributed by atoms with E-state index in [1.165, 1.54) is 18.4 Å². The van der Waals surface area contributed by atoms with Gasteiger partial charge in [-0.05, 0) is 25.5 Å². The molecule has 0 bridgehead atoms. The molecule has 0 aliphatic carbocycles. The molecule has 6 nitrogen and oxygen atoms in total. The number of likely N-dealkylation sites (tertiary alicyclic amines) is 1. The van der Waals surface area contributed by atoms with E-state index in [2.05, 4.69) is 21.0 Å². The largest absolute Gasteiger partial charge is 0.486 e. The Kier molecular flexibility index (Phi) is 3.68. The smallest absolute Gasteiger partial charge is 0.165 e. The van der Waals surface area contributed by atoms with Crippen molar-refractivity contribution in [2.24, 2.45) is 0 Å². The highest BCUT2D eigenvalue weighted by Gasteiger charge is 2.27. The van der Waals surface area contributed by atoms with Gasteiger partial charge in [0.25, 0.3) is 0 Å². The summed E-state index contributed by atoms with van der Waals surface area (Å²) in [6.07, 6.45) is 5.81. The van der Waals surface area contributed by atoms with E-state index >= 15 is 0 Å². The summed E-state index contributed by atoms with van der Waals surface area (Å²) in [6, 6.07) is 6.67. The minimum Gasteiger partial charge on any atom is -0.486 e. The van der Waals surface area contributed by atoms with Gasteiger partial charge in [0.1, 0.15) is 25.9 Å². The zero-order chi connectivity index (χ0) is 14.8. The summed E-state index contributed by atoms with van der Waals surface area (Å²) < 4.78 is 13.4. The first-order valence-electron chi connectivity index (χ1n) is 7.84. The zero-order valence-corrected chi connectivity index (χ0v) is 12.5. The molecule has 0 N–H and O–H groups in total. The van der Waals surface area contributed by atoms with E-state index in [-0.39, 0.29) is 0 Å². The van der Waals surface area contributed by atoms with Crippen molar-refractivity contribution in [3.05, 3.63) is 36.4 Å². The third-order valence-electron chi connectivity index (χ3n) is 4.38. The van der Waals surface area contributed by atoms with Gasteiger partial charge in [0.05, 0.1) is 6.54 Å². The van der Waals surface area contributed by atoms with Crippen LogP contribution in [-0.2, 0) is 13.1 Å². The van der Waals surface area contributed by atoms with E-state index in [4.69, 9.17) is 9.47 Å². The van der Waals surface area contributed by atoms with E-state index in [9.17, 15) is 0 Å². The highest BCUT2D eigenvalue weighted by molar-refractivity contribution is 5.47. The minimum atomic E-state index is 0.502. The van der Waals surface area contributed by atoms with Crippen LogP contribution >= 0.6 is 0 Å². The molecule has 0 unspecified atom stereocenters. The van der Waals surface area contributed by atoms with Crippen molar-refractivity contribution in [2.75, 3.05) is 19.8 Å². The van der Waals surface area contributed by atoms with Crippen LogP contribution in [0.15, 0.2) is 30.9 Å². The predicted octanol–water partition coefficient (Wildman–Crippen LogP) is 1.71. The third-order valence-corrected chi connectivity index (χ3v) is 4.38. The van der Waals surface area contributed by atoms with Crippen LogP contribution < -0.4 is 9.47 Å². The van der Waals surface area contributed by atoms with Crippen molar-refractivity contribution in [1.29, 1.82) is 0 Å². The van der Waals surface area contributed by atoms with Gasteiger partial charge >= 0.3 is 0 Å². The van der Waals surface area contributed by atoms with E-state index in [1.807, 2.05) is 16.8 Å². The van der Waals surface area contributed by atoms with Crippen molar-refractivity contribution in [3.8, 4) is 11.5 Å². The first-order valence-corrected chi connectivity index (χ1v) is 7.84. The van der Waals surface area contributed by atoms with Crippen LogP contribution in [0.25, 0.3) is 0 Å². The number of benzene rings is 1. The van der Waals surface area contributed by atoms with Crippen LogP contribution in [0.3, 0.4) is 0 Å². The Morgan fingerprint density at radius 1 is 1.23 bits per heavy atom. The molecule has 22 heavy (non-hydrogen) atoms. The average Bonchev–Trinajstić information content (AvgIpc) is 3.21. The predicted molar refractivity (Wildman–Crippen MR) is 80.9 cm³/mol. The van der Waals surface area contributed by atoms with Crippen molar-refractivity contribution >= 4 is 0 Å². The number of ether oxygens (including phenoxy) is 2. The van der Waals surface area contributed by atoms with Crippen LogP contribution in [0.2, 0.25) is 0 Å². The molecule has 116 valence electrons. The Morgan fingerprint density at radius 2 is 2.18 bits per heavy atom. The van der Waals surface area contributed by atoms with Crippen LogP contribution in [0.1, 0.15) is 18.4 Å². The molecule has 4 rings (SSSR count). The number of rotatable bonds is 4. The van der Waals surface area contributed by atoms with E-state index in [0.29, 0.717) is 19.3 Å². The first kappa shape index (κ1) is 13.6. The fourth-order valence-corrected chi connectivity index (χ4v) is 3.33. The third kappa shape index (κ3) is 2.66. The minimum absolute atomic E-state index is 0.502. The summed E-state index contributed by atoms with van der Waals surface area (Å²) in [5.41, 5.74) is 1.21. The molecule has 0 saturated carbocycles. The number of nitrogens with zero attached hydrogens (tertiary/aromatic N) is 4. The van der Waals surface area contributed by atoms with E-state index in [1.54, 1.807) is 12.7 Å². The first-order chi connectivity index (χ1) is 10.9. The molecule has 1 saturated heterocycles. The molecule has 1 atom stereocenters. The van der Waals surface area contributed by atoms with Crippen molar-refractivity contribution in [2.45, 2.75) is 32.0 Å². The normalized spacial score (nSPS) is 21.2. The SMILES string of the molecule is c1cc(CN2CCC[C@H]2Cn2cncn2)c2c(c1)OCCO2. The lowest BCUT2D eigenvalue weighted by molar-refractivity contribution is 0.164. The van der Waals surface area contributed by atoms with E-state index in [0.717, 1.165) is 31.1 Å². The van der Waals surface area contributed by atoms with Gasteiger partial charge in [0.2, 0.25) is 0 Å². The zero-order valence-electron chi connectivity index (χ0n) is 12.5. The molecular formula is C16H20N4O2. The fourth-order valence-electron chi connectivity index (χ4n) is 3.33. The Morgan fingerprint density at radius 3 is 3.09 bits per heavy atom. The average molecular weight is 300 g/mol. The molecule has 0 amide bonds. The summed E-state index contributed by atoms with van der Waals surface area (Å²) in [7, 11) is 0. The van der Waals surface area contributed by atoms with Gasteiger partial charge in [-0.1, -0.05) is 12.1 Å². The molecule has 6 heteroatoms. The number of para-hydroxylation sites is 1. The summed E-state index contributed by atoms with van der Waals surface area (Å²) in [5.74, 6) is 1.79. The molecular weight excluding hydrogens is 280 g/mol. The molecule has 1 aromatic heterocycles. The van der Waals surface area contributed by atoms with Crippen molar-refractivity contribution in [3.63, 3.8) is 0 Å². The van der Waals surface area contributed by atoms with Gasteiger partial charge in [0, 0.05) is 18.2 Å². The molecule has 1 aromatic carbocycles. The topological polar surface area (TPSA) is 52.4 Å². The highest BCUT2D eigenvalue weighted by atomic mass is 16.6. The van der Waals surface area contributed by atoms with Gasteiger partial charge in [-0.15, -0.1) is 0 Å². The molecule has 2 aliphatic heterocycles. The van der Waals surface area contributed by atoms with Gasteiger partial charge in [-0.2, -0.15) is 5.10 Å². The molecule has 0 radical (unpaired) electrons. The summed E-state index contributed by atoms with van der Waals surface area (Å²) in [6.45, 7) is 4.17. The highest BCUT2D eigenvalue weighted by Crippen LogP contribution is 2.35. The van der Waals surface area contributed by atoms with Crippen LogP contribution in [0, 0.1) is 0 Å². The monoisotopic (exact) mass is 300 g/mol. The molecule has 1 fully saturated rings. The quantitative estimate of drug-likeness (QED) is 0.860. The van der Waals surface area contributed by atoms with Gasteiger partial charge in [-0.25, -0.2) is 4.98 Å². The van der Waals surface area contributed by atoms with Crippen molar-refractivity contribution in [1.82, 2.24) is 19.7 Å². The second-order valence-electron chi connectivity index (χ2n) is 5.83. The Labute approximate surface area is 129 Å². The maximum Gasteiger partial charge on any atom is 0.165 e. The van der Waals surface area contributed by atoms with Gasteiger partial charge in [0.15, 0.2) is 11.5 Å². The summed E-state index contributed by atoms with van der Waals surface area (Å²) >= 11 is 0. The Hall–Kier alpha value is -2.08. The molecule has 2 aromatic rings. The van der Waals surface area contributed by atoms with Gasteiger partial charge in [-0.3, -0.25) is 9.58 Å². The Balaban J connectivity index is 1.50. The van der Waals surface area contributed by atoms with Crippen LogP contribution in [-0.4, -0.2) is 45.5 Å². The maximum absolute atomic E-state index is 5.83. The number of fused-ring (bicyclic) bond motifs is 1. The number of aromatic nitrogens is 3. The van der Waals surface area contributed by atoms with E-state index < -0.39 is 0 Å².